The van der Waals surface area contributed by atoms with Gasteiger partial charge in [0.25, 0.3) is 0 Å². The van der Waals surface area contributed by atoms with Crippen LogP contribution >= 0.6 is 0 Å². The van der Waals surface area contributed by atoms with Gasteiger partial charge in [0.05, 0.1) is 6.54 Å². The lowest BCUT2D eigenvalue weighted by Gasteiger charge is -2.18. The first-order chi connectivity index (χ1) is 7.64. The number of aryl methyl sites for hydroxylation is 1. The van der Waals surface area contributed by atoms with Crippen LogP contribution in [0.3, 0.4) is 0 Å². The third-order valence-corrected chi connectivity index (χ3v) is 1.86. The van der Waals surface area contributed by atoms with Crippen LogP contribution in [-0.4, -0.2) is 18.0 Å². The molecule has 0 bridgehead atoms. The molecule has 0 radical (unpaired) electrons. The van der Waals surface area contributed by atoms with E-state index >= 15 is 0 Å². The van der Waals surface area contributed by atoms with Gasteiger partial charge < -0.3 is 9.73 Å². The van der Waals surface area contributed by atoms with E-state index in [1.807, 2.05) is 0 Å². The zero-order valence-corrected chi connectivity index (χ0v) is 8.57. The fraction of sp³-hybridized carbons (Fsp3) is 0.444. The molecule has 1 aromatic rings. The zero-order valence-electron chi connectivity index (χ0n) is 8.57. The standard InChI is InChI=1S/C9H8F5NO2/c1-5-2-3-6(17-5)4-15-7(16)8(10,11)9(12,13)14/h2-3H,4H2,1H3,(H,15,16). The minimum atomic E-state index is -5.91. The average Bonchev–Trinajstić information content (AvgIpc) is 2.58. The molecule has 0 saturated carbocycles. The third-order valence-electron chi connectivity index (χ3n) is 1.86. The summed E-state index contributed by atoms with van der Waals surface area (Å²) in [5.74, 6) is -7.26. The van der Waals surface area contributed by atoms with Crippen LogP contribution in [-0.2, 0) is 11.3 Å². The van der Waals surface area contributed by atoms with E-state index in [1.165, 1.54) is 17.4 Å². The molecule has 17 heavy (non-hydrogen) atoms. The van der Waals surface area contributed by atoms with E-state index in [0.29, 0.717) is 5.76 Å². The van der Waals surface area contributed by atoms with Gasteiger partial charge in [-0.05, 0) is 19.1 Å². The molecule has 96 valence electrons. The van der Waals surface area contributed by atoms with E-state index < -0.39 is 24.6 Å². The van der Waals surface area contributed by atoms with E-state index in [4.69, 9.17) is 4.42 Å². The van der Waals surface area contributed by atoms with Crippen LogP contribution in [0.5, 0.6) is 0 Å². The van der Waals surface area contributed by atoms with Crippen LogP contribution in [0.15, 0.2) is 16.5 Å². The number of carbonyl (C=O) groups excluding carboxylic acids is 1. The highest BCUT2D eigenvalue weighted by molar-refractivity contribution is 5.84. The Labute approximate surface area is 92.6 Å². The maximum Gasteiger partial charge on any atom is 0.463 e. The summed E-state index contributed by atoms with van der Waals surface area (Å²) in [5, 5.41) is 1.46. The first-order valence-electron chi connectivity index (χ1n) is 4.43. The van der Waals surface area contributed by atoms with E-state index in [1.54, 1.807) is 6.92 Å². The molecule has 0 spiro atoms. The molecule has 1 aromatic heterocycles. The normalized spacial score (nSPS) is 12.6. The number of amides is 1. The second kappa shape index (κ2) is 4.34. The smallest absolute Gasteiger partial charge is 0.463 e. The lowest BCUT2D eigenvalue weighted by Crippen LogP contribution is -2.50. The monoisotopic (exact) mass is 257 g/mol. The largest absolute Gasteiger partial charge is 0.465 e. The number of hydrogen-bond donors (Lipinski definition) is 1. The van der Waals surface area contributed by atoms with Crippen molar-refractivity contribution in [3.05, 3.63) is 23.7 Å². The van der Waals surface area contributed by atoms with Crippen LogP contribution in [0.2, 0.25) is 0 Å². The van der Waals surface area contributed by atoms with Crippen molar-refractivity contribution < 1.29 is 31.2 Å². The van der Waals surface area contributed by atoms with Gasteiger partial charge in [-0.3, -0.25) is 4.79 Å². The minimum absolute atomic E-state index is 0.0915. The van der Waals surface area contributed by atoms with Gasteiger partial charge in [-0.2, -0.15) is 22.0 Å². The number of furan rings is 1. The summed E-state index contributed by atoms with van der Waals surface area (Å²) in [6.45, 7) is 1.04. The van der Waals surface area contributed by atoms with E-state index in [-0.39, 0.29) is 5.76 Å². The first-order valence-corrected chi connectivity index (χ1v) is 4.43. The second-order valence-corrected chi connectivity index (χ2v) is 3.27. The highest BCUT2D eigenvalue weighted by Crippen LogP contribution is 2.35. The number of alkyl halides is 5. The van der Waals surface area contributed by atoms with Gasteiger partial charge in [-0.1, -0.05) is 0 Å². The molecule has 0 fully saturated rings. The highest BCUT2D eigenvalue weighted by atomic mass is 19.4. The lowest BCUT2D eigenvalue weighted by atomic mass is 10.3. The van der Waals surface area contributed by atoms with Crippen LogP contribution in [0.1, 0.15) is 11.5 Å². The van der Waals surface area contributed by atoms with Crippen LogP contribution in [0.25, 0.3) is 0 Å². The Morgan fingerprint density at radius 3 is 2.29 bits per heavy atom. The molecule has 1 amide bonds. The second-order valence-electron chi connectivity index (χ2n) is 3.27. The number of hydrogen-bond acceptors (Lipinski definition) is 2. The molecule has 0 atom stereocenters. The maximum absolute atomic E-state index is 12.5. The van der Waals surface area contributed by atoms with Gasteiger partial charge in [0, 0.05) is 0 Å². The molecule has 0 unspecified atom stereocenters. The van der Waals surface area contributed by atoms with Crippen molar-refractivity contribution in [2.45, 2.75) is 25.6 Å². The topological polar surface area (TPSA) is 42.2 Å². The summed E-state index contributed by atoms with van der Waals surface area (Å²) in [5.41, 5.74) is 0. The Morgan fingerprint density at radius 2 is 1.88 bits per heavy atom. The van der Waals surface area contributed by atoms with E-state index in [0.717, 1.165) is 0 Å². The molecule has 0 aromatic carbocycles. The molecule has 8 heteroatoms. The predicted octanol–water partition coefficient (Wildman–Crippen LogP) is 2.40. The summed E-state index contributed by atoms with van der Waals surface area (Å²) < 4.78 is 65.2. The summed E-state index contributed by atoms with van der Waals surface area (Å²) >= 11 is 0. The predicted molar refractivity (Wildman–Crippen MR) is 46.3 cm³/mol. The summed E-state index contributed by atoms with van der Waals surface area (Å²) in [6, 6.07) is 2.85. The van der Waals surface area contributed by atoms with Crippen molar-refractivity contribution in [1.82, 2.24) is 5.32 Å². The fourth-order valence-corrected chi connectivity index (χ4v) is 0.987. The van der Waals surface area contributed by atoms with Gasteiger partial charge in [-0.15, -0.1) is 0 Å². The Kier molecular flexibility index (Phi) is 3.44. The van der Waals surface area contributed by atoms with Gasteiger partial charge in [0.15, 0.2) is 0 Å². The number of nitrogens with one attached hydrogen (secondary N) is 1. The van der Waals surface area contributed by atoms with Crippen molar-refractivity contribution in [3.63, 3.8) is 0 Å². The van der Waals surface area contributed by atoms with Crippen molar-refractivity contribution >= 4 is 5.91 Å². The summed E-state index contributed by atoms with van der Waals surface area (Å²) in [6.07, 6.45) is -5.91. The van der Waals surface area contributed by atoms with Crippen molar-refractivity contribution in [1.29, 1.82) is 0 Å². The summed E-state index contributed by atoms with van der Waals surface area (Å²) in [4.78, 5) is 10.7. The molecule has 1 heterocycles. The molecule has 0 aliphatic rings. The molecule has 3 nitrogen and oxygen atoms in total. The molecule has 1 rings (SSSR count). The lowest BCUT2D eigenvalue weighted by molar-refractivity contribution is -0.269. The SMILES string of the molecule is Cc1ccc(CNC(=O)C(F)(F)C(F)(F)F)o1. The number of halogens is 5. The average molecular weight is 257 g/mol. The van der Waals surface area contributed by atoms with Crippen LogP contribution < -0.4 is 5.32 Å². The molecule has 1 N–H and O–H groups in total. The Hall–Kier alpha value is -1.60. The van der Waals surface area contributed by atoms with E-state index in [9.17, 15) is 26.7 Å². The third kappa shape index (κ3) is 2.95. The Bertz CT molecular complexity index is 410. The Morgan fingerprint density at radius 1 is 1.29 bits per heavy atom. The van der Waals surface area contributed by atoms with Gasteiger partial charge in [-0.25, -0.2) is 0 Å². The highest BCUT2D eigenvalue weighted by Gasteiger charge is 2.63. The van der Waals surface area contributed by atoms with Gasteiger partial charge >= 0.3 is 18.0 Å². The molecule has 0 aliphatic heterocycles. The van der Waals surface area contributed by atoms with Crippen LogP contribution in [0, 0.1) is 6.92 Å². The van der Waals surface area contributed by atoms with Gasteiger partial charge in [0.1, 0.15) is 11.5 Å². The summed E-state index contributed by atoms with van der Waals surface area (Å²) in [7, 11) is 0. The number of rotatable bonds is 3. The van der Waals surface area contributed by atoms with Gasteiger partial charge in [0.2, 0.25) is 0 Å². The zero-order chi connectivity index (χ0) is 13.3. The molecular weight excluding hydrogens is 249 g/mol. The first kappa shape index (κ1) is 13.5. The Balaban J connectivity index is 2.61. The maximum atomic E-state index is 12.5. The van der Waals surface area contributed by atoms with Crippen molar-refractivity contribution in [2.75, 3.05) is 0 Å². The molecular formula is C9H8F5NO2. The fourth-order valence-electron chi connectivity index (χ4n) is 0.987. The quantitative estimate of drug-likeness (QED) is 0.845. The van der Waals surface area contributed by atoms with E-state index in [2.05, 4.69) is 0 Å². The molecule has 0 saturated heterocycles. The van der Waals surface area contributed by atoms with Crippen molar-refractivity contribution in [2.24, 2.45) is 0 Å². The number of carbonyl (C=O) groups is 1. The molecule has 0 aliphatic carbocycles. The van der Waals surface area contributed by atoms with Crippen LogP contribution in [0.4, 0.5) is 22.0 Å². The van der Waals surface area contributed by atoms with Crippen molar-refractivity contribution in [3.8, 4) is 0 Å². The minimum Gasteiger partial charge on any atom is -0.465 e.